The molecule has 3 rings (SSSR count). The molecule has 5 heteroatoms. The van der Waals surface area contributed by atoms with E-state index in [2.05, 4.69) is 10.3 Å². The third kappa shape index (κ3) is 2.90. The predicted octanol–water partition coefficient (Wildman–Crippen LogP) is 3.22. The number of hydrogen-bond acceptors (Lipinski definition) is 3. The van der Waals surface area contributed by atoms with E-state index in [1.807, 2.05) is 79.0 Å². The van der Waals surface area contributed by atoms with Crippen LogP contribution in [0.2, 0.25) is 0 Å². The summed E-state index contributed by atoms with van der Waals surface area (Å²) in [6.07, 6.45) is 2.71. The van der Waals surface area contributed by atoms with Gasteiger partial charge in [0.2, 0.25) is 0 Å². The molecule has 5 nitrogen and oxygen atoms in total. The van der Waals surface area contributed by atoms with Gasteiger partial charge in [-0.15, -0.1) is 0 Å². The standard InChI is InChI=1S/C18H20N4O/c1-4-16-20-17(15-7-5-6-12-22(15)16)18(23)19-13-8-10-14(11-9-13)21(2)3/h5-12H,4H2,1-3H3,(H,19,23). The number of rotatable bonds is 4. The van der Waals surface area contributed by atoms with Crippen LogP contribution in [-0.2, 0) is 6.42 Å². The number of nitrogens with zero attached hydrogens (tertiary/aromatic N) is 3. The first-order valence-electron chi connectivity index (χ1n) is 7.65. The van der Waals surface area contributed by atoms with E-state index in [1.54, 1.807) is 0 Å². The third-order valence-corrected chi connectivity index (χ3v) is 3.79. The number of aromatic nitrogens is 2. The van der Waals surface area contributed by atoms with E-state index >= 15 is 0 Å². The van der Waals surface area contributed by atoms with Crippen LogP contribution in [0.15, 0.2) is 48.7 Å². The first-order valence-corrected chi connectivity index (χ1v) is 7.65. The fourth-order valence-corrected chi connectivity index (χ4v) is 2.55. The average Bonchev–Trinajstić information content (AvgIpc) is 2.94. The maximum absolute atomic E-state index is 12.6. The van der Waals surface area contributed by atoms with E-state index in [9.17, 15) is 4.79 Å². The van der Waals surface area contributed by atoms with Gasteiger partial charge < -0.3 is 14.6 Å². The number of amides is 1. The lowest BCUT2D eigenvalue weighted by Gasteiger charge is -2.12. The van der Waals surface area contributed by atoms with Crippen molar-refractivity contribution in [3.05, 3.63) is 60.2 Å². The number of fused-ring (bicyclic) bond motifs is 1. The number of aryl methyl sites for hydroxylation is 1. The van der Waals surface area contributed by atoms with Crippen molar-refractivity contribution in [2.75, 3.05) is 24.3 Å². The Morgan fingerprint density at radius 2 is 1.91 bits per heavy atom. The molecular formula is C18H20N4O. The van der Waals surface area contributed by atoms with Gasteiger partial charge in [0.05, 0.1) is 5.52 Å². The summed E-state index contributed by atoms with van der Waals surface area (Å²) in [6.45, 7) is 2.03. The second-order valence-electron chi connectivity index (χ2n) is 5.58. The molecule has 0 fully saturated rings. The fourth-order valence-electron chi connectivity index (χ4n) is 2.55. The van der Waals surface area contributed by atoms with Crippen LogP contribution < -0.4 is 10.2 Å². The number of benzene rings is 1. The van der Waals surface area contributed by atoms with Crippen LogP contribution in [0.4, 0.5) is 11.4 Å². The number of carbonyl (C=O) groups is 1. The summed E-state index contributed by atoms with van der Waals surface area (Å²) in [7, 11) is 3.97. The van der Waals surface area contributed by atoms with E-state index in [1.165, 1.54) is 0 Å². The zero-order valence-corrected chi connectivity index (χ0v) is 13.6. The smallest absolute Gasteiger partial charge is 0.276 e. The quantitative estimate of drug-likeness (QED) is 0.805. The SMILES string of the molecule is CCc1nc(C(=O)Nc2ccc(N(C)C)cc2)c2ccccn12. The minimum atomic E-state index is -0.189. The highest BCUT2D eigenvalue weighted by Gasteiger charge is 2.16. The zero-order chi connectivity index (χ0) is 16.4. The molecule has 0 aliphatic rings. The zero-order valence-electron chi connectivity index (χ0n) is 13.6. The van der Waals surface area contributed by atoms with Crippen LogP contribution in [0.3, 0.4) is 0 Å². The number of pyridine rings is 1. The number of nitrogens with one attached hydrogen (secondary N) is 1. The molecule has 118 valence electrons. The molecule has 0 unspecified atom stereocenters. The minimum absolute atomic E-state index is 0.189. The summed E-state index contributed by atoms with van der Waals surface area (Å²) in [5, 5.41) is 2.92. The Labute approximate surface area is 135 Å². The minimum Gasteiger partial charge on any atom is -0.378 e. The van der Waals surface area contributed by atoms with E-state index < -0.39 is 0 Å². The third-order valence-electron chi connectivity index (χ3n) is 3.79. The van der Waals surface area contributed by atoms with Crippen molar-refractivity contribution in [3.8, 4) is 0 Å². The van der Waals surface area contributed by atoms with Crippen molar-refractivity contribution in [3.63, 3.8) is 0 Å². The van der Waals surface area contributed by atoms with Gasteiger partial charge in [-0.2, -0.15) is 0 Å². The van der Waals surface area contributed by atoms with E-state index in [0.29, 0.717) is 5.69 Å². The first-order chi connectivity index (χ1) is 11.1. The molecule has 0 aliphatic heterocycles. The van der Waals surface area contributed by atoms with Crippen molar-refractivity contribution < 1.29 is 4.79 Å². The number of carbonyl (C=O) groups excluding carboxylic acids is 1. The first kappa shape index (κ1) is 15.1. The van der Waals surface area contributed by atoms with Crippen molar-refractivity contribution in [2.45, 2.75) is 13.3 Å². The maximum Gasteiger partial charge on any atom is 0.276 e. The molecule has 0 atom stereocenters. The Morgan fingerprint density at radius 3 is 2.57 bits per heavy atom. The monoisotopic (exact) mass is 308 g/mol. The second-order valence-corrected chi connectivity index (χ2v) is 5.58. The lowest BCUT2D eigenvalue weighted by molar-refractivity contribution is 0.102. The molecule has 23 heavy (non-hydrogen) atoms. The molecule has 0 saturated carbocycles. The highest BCUT2D eigenvalue weighted by molar-refractivity contribution is 6.07. The molecular weight excluding hydrogens is 288 g/mol. The van der Waals surface area contributed by atoms with Crippen LogP contribution in [-0.4, -0.2) is 29.4 Å². The summed E-state index contributed by atoms with van der Waals surface area (Å²) in [4.78, 5) is 19.1. The summed E-state index contributed by atoms with van der Waals surface area (Å²) < 4.78 is 1.96. The summed E-state index contributed by atoms with van der Waals surface area (Å²) in [5.41, 5.74) is 3.13. The number of hydrogen-bond donors (Lipinski definition) is 1. The van der Waals surface area contributed by atoms with Crippen molar-refractivity contribution in [2.24, 2.45) is 0 Å². The van der Waals surface area contributed by atoms with Gasteiger partial charge in [-0.05, 0) is 36.4 Å². The number of imidazole rings is 1. The summed E-state index contributed by atoms with van der Waals surface area (Å²) in [5.74, 6) is 0.694. The normalized spacial score (nSPS) is 10.7. The van der Waals surface area contributed by atoms with Crippen LogP contribution in [0, 0.1) is 0 Å². The predicted molar refractivity (Wildman–Crippen MR) is 93.3 cm³/mol. The van der Waals surface area contributed by atoms with Crippen molar-refractivity contribution in [1.29, 1.82) is 0 Å². The van der Waals surface area contributed by atoms with Gasteiger partial charge >= 0.3 is 0 Å². The van der Waals surface area contributed by atoms with Gasteiger partial charge in [0.25, 0.3) is 5.91 Å². The molecule has 1 amide bonds. The van der Waals surface area contributed by atoms with Crippen LogP contribution in [0.5, 0.6) is 0 Å². The van der Waals surface area contributed by atoms with Gasteiger partial charge in [0, 0.05) is 38.1 Å². The summed E-state index contributed by atoms with van der Waals surface area (Å²) >= 11 is 0. The van der Waals surface area contributed by atoms with Crippen molar-refractivity contribution in [1.82, 2.24) is 9.38 Å². The highest BCUT2D eigenvalue weighted by atomic mass is 16.1. The van der Waals surface area contributed by atoms with Gasteiger partial charge in [0.1, 0.15) is 5.82 Å². The topological polar surface area (TPSA) is 49.6 Å². The fraction of sp³-hybridized carbons (Fsp3) is 0.222. The van der Waals surface area contributed by atoms with Crippen molar-refractivity contribution >= 4 is 22.8 Å². The Morgan fingerprint density at radius 1 is 1.17 bits per heavy atom. The molecule has 0 bridgehead atoms. The van der Waals surface area contributed by atoms with Crippen LogP contribution in [0.1, 0.15) is 23.2 Å². The molecule has 0 radical (unpaired) electrons. The number of anilines is 2. The molecule has 1 aromatic carbocycles. The van der Waals surface area contributed by atoms with Gasteiger partial charge in [-0.1, -0.05) is 13.0 Å². The van der Waals surface area contributed by atoms with E-state index in [4.69, 9.17) is 0 Å². The Balaban J connectivity index is 1.89. The lowest BCUT2D eigenvalue weighted by atomic mass is 10.2. The molecule has 0 saturated heterocycles. The molecule has 1 N–H and O–H groups in total. The van der Waals surface area contributed by atoms with Gasteiger partial charge in [-0.3, -0.25) is 4.79 Å². The van der Waals surface area contributed by atoms with E-state index in [-0.39, 0.29) is 5.91 Å². The lowest BCUT2D eigenvalue weighted by Crippen LogP contribution is -2.13. The summed E-state index contributed by atoms with van der Waals surface area (Å²) in [6, 6.07) is 13.5. The largest absolute Gasteiger partial charge is 0.378 e. The van der Waals surface area contributed by atoms with Crippen LogP contribution in [0.25, 0.3) is 5.52 Å². The molecule has 2 heterocycles. The van der Waals surface area contributed by atoms with E-state index in [0.717, 1.165) is 29.1 Å². The van der Waals surface area contributed by atoms with Gasteiger partial charge in [-0.25, -0.2) is 4.98 Å². The van der Waals surface area contributed by atoms with Crippen LogP contribution >= 0.6 is 0 Å². The highest BCUT2D eigenvalue weighted by Crippen LogP contribution is 2.18. The molecule has 0 aliphatic carbocycles. The maximum atomic E-state index is 12.6. The Bertz CT molecular complexity index is 834. The Kier molecular flexibility index (Phi) is 4.02. The second kappa shape index (κ2) is 6.12. The van der Waals surface area contributed by atoms with Gasteiger partial charge in [0.15, 0.2) is 5.69 Å². The molecule has 2 aromatic heterocycles. The molecule has 0 spiro atoms. The average molecular weight is 308 g/mol. The molecule has 3 aromatic rings. The Hall–Kier alpha value is -2.82.